The number of fused-ring (bicyclic) bond motifs is 4. The van der Waals surface area contributed by atoms with Gasteiger partial charge in [0.2, 0.25) is 5.95 Å². The Morgan fingerprint density at radius 2 is 1.77 bits per heavy atom. The number of nitrogens with one attached hydrogen (secondary N) is 1. The summed E-state index contributed by atoms with van der Waals surface area (Å²) in [6.07, 6.45) is 5.43. The number of rotatable bonds is 3. The molecule has 0 spiro atoms. The van der Waals surface area contributed by atoms with Crippen LogP contribution in [0.3, 0.4) is 0 Å². The second-order valence-electron chi connectivity index (χ2n) is 6.47. The van der Waals surface area contributed by atoms with Crippen molar-refractivity contribution >= 4 is 29.9 Å². The first-order valence-corrected chi connectivity index (χ1v) is 8.57. The fourth-order valence-corrected chi connectivity index (χ4v) is 3.53. The Morgan fingerprint density at radius 3 is 2.46 bits per heavy atom. The van der Waals surface area contributed by atoms with Crippen LogP contribution in [0.4, 0.5) is 16.0 Å². The van der Waals surface area contributed by atoms with E-state index in [-0.39, 0.29) is 18.0 Å². The summed E-state index contributed by atoms with van der Waals surface area (Å²) in [4.78, 5) is 25.7. The Kier molecular flexibility index (Phi) is 5.68. The van der Waals surface area contributed by atoms with Crippen LogP contribution in [0.1, 0.15) is 23.2 Å². The highest BCUT2D eigenvalue weighted by Crippen LogP contribution is 2.24. The van der Waals surface area contributed by atoms with Crippen molar-refractivity contribution in [1.82, 2.24) is 14.9 Å². The summed E-state index contributed by atoms with van der Waals surface area (Å²) >= 11 is 0. The fourth-order valence-electron chi connectivity index (χ4n) is 3.53. The van der Waals surface area contributed by atoms with Gasteiger partial charge in [0.1, 0.15) is 5.82 Å². The molecule has 3 aliphatic rings. The number of halogens is 2. The summed E-state index contributed by atoms with van der Waals surface area (Å²) in [5.41, 5.74) is 0.463. The molecule has 3 fully saturated rings. The first-order chi connectivity index (χ1) is 12.2. The molecule has 0 saturated carbocycles. The molecule has 0 aliphatic carbocycles. The van der Waals surface area contributed by atoms with E-state index in [1.807, 2.05) is 0 Å². The second-order valence-corrected chi connectivity index (χ2v) is 6.47. The summed E-state index contributed by atoms with van der Waals surface area (Å²) in [6, 6.07) is 6.37. The Morgan fingerprint density at radius 1 is 1.08 bits per heavy atom. The minimum atomic E-state index is -0.548. The molecule has 26 heavy (non-hydrogen) atoms. The predicted molar refractivity (Wildman–Crippen MR) is 100 cm³/mol. The molecule has 8 heteroatoms. The first kappa shape index (κ1) is 18.5. The molecule has 138 valence electrons. The van der Waals surface area contributed by atoms with Gasteiger partial charge in [-0.1, -0.05) is 12.1 Å². The minimum absolute atomic E-state index is 0. The molecular weight excluding hydrogens is 357 g/mol. The van der Waals surface area contributed by atoms with Crippen LogP contribution in [0.15, 0.2) is 36.7 Å². The van der Waals surface area contributed by atoms with Gasteiger partial charge in [-0.25, -0.2) is 14.4 Å². The normalized spacial score (nSPS) is 21.7. The number of hydrogen-bond donors (Lipinski definition) is 1. The minimum Gasteiger partial charge on any atom is -0.336 e. The molecule has 0 unspecified atom stereocenters. The Balaban J connectivity index is 0.00000196. The van der Waals surface area contributed by atoms with Crippen LogP contribution in [0, 0.1) is 5.82 Å². The lowest BCUT2D eigenvalue weighted by molar-refractivity contribution is 0.102. The van der Waals surface area contributed by atoms with Crippen molar-refractivity contribution in [3.05, 3.63) is 48.0 Å². The van der Waals surface area contributed by atoms with Gasteiger partial charge in [0.05, 0.1) is 23.6 Å². The van der Waals surface area contributed by atoms with E-state index < -0.39 is 11.7 Å². The molecule has 3 aliphatic heterocycles. The third-order valence-corrected chi connectivity index (χ3v) is 4.93. The van der Waals surface area contributed by atoms with Gasteiger partial charge in [0.15, 0.2) is 0 Å². The number of piperidine rings is 1. The summed E-state index contributed by atoms with van der Waals surface area (Å²) in [7, 11) is 0. The average molecular weight is 378 g/mol. The van der Waals surface area contributed by atoms with Gasteiger partial charge < -0.3 is 15.1 Å². The number of benzene rings is 1. The quantitative estimate of drug-likeness (QED) is 0.890. The molecule has 1 amide bonds. The molecule has 0 radical (unpaired) electrons. The molecule has 3 saturated heterocycles. The zero-order chi connectivity index (χ0) is 17.2. The van der Waals surface area contributed by atoms with Crippen molar-refractivity contribution in [2.75, 3.05) is 36.4 Å². The molecule has 6 nitrogen and oxygen atoms in total. The summed E-state index contributed by atoms with van der Waals surface area (Å²) in [5, 5.41) is 2.64. The third-order valence-electron chi connectivity index (χ3n) is 4.93. The lowest BCUT2D eigenvalue weighted by Crippen LogP contribution is -2.38. The standard InChI is InChI=1S/C18H20FN5O.ClH/c19-16-4-2-1-3-15(16)17(25)22-13-11-20-18(21-12-13)24-10-9-23-7-5-14(24)6-8-23;/h1-4,11-12,14H,5-10H2,(H,22,25);1H. The van der Waals surface area contributed by atoms with Crippen molar-refractivity contribution in [2.45, 2.75) is 18.9 Å². The van der Waals surface area contributed by atoms with Crippen LogP contribution in [-0.4, -0.2) is 53.0 Å². The van der Waals surface area contributed by atoms with Gasteiger partial charge in [-0.2, -0.15) is 0 Å². The zero-order valence-corrected chi connectivity index (χ0v) is 15.1. The largest absolute Gasteiger partial charge is 0.336 e. The van der Waals surface area contributed by atoms with Gasteiger partial charge in [-0.05, 0) is 25.0 Å². The van der Waals surface area contributed by atoms with Crippen molar-refractivity contribution in [3.63, 3.8) is 0 Å². The fraction of sp³-hybridized carbons (Fsp3) is 0.389. The smallest absolute Gasteiger partial charge is 0.258 e. The molecule has 4 heterocycles. The Hall–Kier alpha value is -2.25. The number of nitrogens with zero attached hydrogens (tertiary/aromatic N) is 4. The monoisotopic (exact) mass is 377 g/mol. The van der Waals surface area contributed by atoms with Crippen LogP contribution in [0.5, 0.6) is 0 Å². The highest BCUT2D eigenvalue weighted by Gasteiger charge is 2.30. The molecule has 2 aromatic rings. The van der Waals surface area contributed by atoms with Gasteiger partial charge in [0.25, 0.3) is 5.91 Å². The number of amides is 1. The highest BCUT2D eigenvalue weighted by atomic mass is 35.5. The van der Waals surface area contributed by atoms with Crippen LogP contribution in [0.25, 0.3) is 0 Å². The van der Waals surface area contributed by atoms with Crippen molar-refractivity contribution < 1.29 is 9.18 Å². The summed E-state index contributed by atoms with van der Waals surface area (Å²) in [5.74, 6) is -0.360. The number of carbonyl (C=O) groups excluding carboxylic acids is 1. The van der Waals surface area contributed by atoms with E-state index >= 15 is 0 Å². The highest BCUT2D eigenvalue weighted by molar-refractivity contribution is 6.04. The van der Waals surface area contributed by atoms with E-state index in [1.165, 1.54) is 12.1 Å². The van der Waals surface area contributed by atoms with E-state index in [1.54, 1.807) is 24.5 Å². The number of anilines is 2. The maximum absolute atomic E-state index is 13.7. The number of hydrogen-bond acceptors (Lipinski definition) is 5. The van der Waals surface area contributed by atoms with E-state index in [0.29, 0.717) is 17.7 Å². The van der Waals surface area contributed by atoms with Crippen LogP contribution in [-0.2, 0) is 0 Å². The van der Waals surface area contributed by atoms with E-state index in [9.17, 15) is 9.18 Å². The van der Waals surface area contributed by atoms with Crippen LogP contribution in [0.2, 0.25) is 0 Å². The van der Waals surface area contributed by atoms with Crippen molar-refractivity contribution in [1.29, 1.82) is 0 Å². The van der Waals surface area contributed by atoms with Crippen molar-refractivity contribution in [2.24, 2.45) is 0 Å². The predicted octanol–water partition coefficient (Wildman–Crippen LogP) is 2.57. The van der Waals surface area contributed by atoms with Crippen LogP contribution >= 0.6 is 12.4 Å². The number of aromatic nitrogens is 2. The van der Waals surface area contributed by atoms with E-state index in [4.69, 9.17) is 0 Å². The molecule has 5 rings (SSSR count). The van der Waals surface area contributed by atoms with Gasteiger partial charge >= 0.3 is 0 Å². The topological polar surface area (TPSA) is 61.4 Å². The zero-order valence-electron chi connectivity index (χ0n) is 14.3. The van der Waals surface area contributed by atoms with Crippen LogP contribution < -0.4 is 10.2 Å². The Bertz CT molecular complexity index is 764. The molecule has 2 bridgehead atoms. The maximum atomic E-state index is 13.7. The molecule has 1 N–H and O–H groups in total. The molecule has 1 aromatic carbocycles. The molecule has 1 aromatic heterocycles. The van der Waals surface area contributed by atoms with Gasteiger partial charge in [0, 0.05) is 32.2 Å². The van der Waals surface area contributed by atoms with E-state index in [2.05, 4.69) is 25.1 Å². The molecule has 0 atom stereocenters. The van der Waals surface area contributed by atoms with Gasteiger partial charge in [-0.15, -0.1) is 12.4 Å². The average Bonchev–Trinajstić information content (AvgIpc) is 2.97. The lowest BCUT2D eigenvalue weighted by atomic mass is 10.1. The maximum Gasteiger partial charge on any atom is 0.258 e. The third kappa shape index (κ3) is 3.78. The second kappa shape index (κ2) is 7.97. The lowest BCUT2D eigenvalue weighted by Gasteiger charge is -2.31. The number of carbonyl (C=O) groups is 1. The van der Waals surface area contributed by atoms with Crippen molar-refractivity contribution in [3.8, 4) is 0 Å². The Labute approximate surface area is 157 Å². The van der Waals surface area contributed by atoms with E-state index in [0.717, 1.165) is 39.0 Å². The molecular formula is C18H21ClFN5O. The first-order valence-electron chi connectivity index (χ1n) is 8.57. The summed E-state index contributed by atoms with van der Waals surface area (Å²) in [6.45, 7) is 4.23. The SMILES string of the molecule is Cl.O=C(Nc1cnc(N2CCN3CCC2CC3)nc1)c1ccccc1F. The summed E-state index contributed by atoms with van der Waals surface area (Å²) < 4.78 is 13.7. The van der Waals surface area contributed by atoms with Gasteiger partial charge in [-0.3, -0.25) is 4.79 Å².